The fourth-order valence-electron chi connectivity index (χ4n) is 5.94. The monoisotopic (exact) mass is 620 g/mol. The third kappa shape index (κ3) is 4.48. The quantitative estimate of drug-likeness (QED) is 0.291. The average Bonchev–Trinajstić information content (AvgIpc) is 3.81. The zero-order chi connectivity index (χ0) is 29.7. The van der Waals surface area contributed by atoms with Crippen molar-refractivity contribution in [2.75, 3.05) is 40.0 Å². The van der Waals surface area contributed by atoms with Gasteiger partial charge in [0, 0.05) is 17.0 Å². The molecule has 220 valence electrons. The Hall–Kier alpha value is -4.55. The van der Waals surface area contributed by atoms with E-state index in [1.165, 1.54) is 32.7 Å². The Kier molecular flexibility index (Phi) is 6.94. The van der Waals surface area contributed by atoms with Crippen LogP contribution in [0.3, 0.4) is 0 Å². The molecule has 7 rings (SSSR count). The number of oxime groups is 1. The van der Waals surface area contributed by atoms with Gasteiger partial charge in [0.15, 0.2) is 23.0 Å². The van der Waals surface area contributed by atoms with Crippen LogP contribution in [0.15, 0.2) is 53.7 Å². The van der Waals surface area contributed by atoms with Crippen LogP contribution < -0.4 is 29.0 Å². The molecule has 3 atom stereocenters. The Morgan fingerprint density at radius 3 is 2.49 bits per heavy atom. The number of methoxy groups -OCH3 is 3. The number of anilines is 1. The molecule has 3 aromatic carbocycles. The van der Waals surface area contributed by atoms with E-state index in [1.807, 2.05) is 42.5 Å². The molecule has 1 aliphatic carbocycles. The third-order valence-corrected chi connectivity index (χ3v) is 9.11. The van der Waals surface area contributed by atoms with Gasteiger partial charge in [-0.1, -0.05) is 58.4 Å². The highest BCUT2D eigenvalue weighted by Crippen LogP contribution is 2.55. The van der Waals surface area contributed by atoms with E-state index in [-0.39, 0.29) is 24.3 Å². The first-order valence-corrected chi connectivity index (χ1v) is 14.5. The minimum Gasteiger partial charge on any atom is -0.493 e. The lowest BCUT2D eigenvalue weighted by atomic mass is 9.65. The second-order valence-electron chi connectivity index (χ2n) is 9.99. The maximum absolute atomic E-state index is 14.4. The Morgan fingerprint density at radius 1 is 0.977 bits per heavy atom. The molecule has 0 bridgehead atoms. The van der Waals surface area contributed by atoms with Gasteiger partial charge in [-0.25, -0.2) is 0 Å². The number of carbonyl (C=O) groups is 1. The van der Waals surface area contributed by atoms with Crippen LogP contribution in [0.5, 0.6) is 28.7 Å². The Bertz CT molecular complexity index is 1760. The number of halogens is 1. The molecule has 0 unspecified atom stereocenters. The van der Waals surface area contributed by atoms with Gasteiger partial charge in [-0.05, 0) is 29.3 Å². The summed E-state index contributed by atoms with van der Waals surface area (Å²) in [6, 6.07) is 15.2. The summed E-state index contributed by atoms with van der Waals surface area (Å²) in [4.78, 5) is 20.0. The molecule has 11 nitrogen and oxygen atoms in total. The standard InChI is InChI=1S/C30H25ClN4O7S/c1-37-21-11-17(24(31)27(39-3)26(21)38-2)22-15-9-19-20(41-13-40-19)10-16(15)25-18(12-42-35-25)23(22)28(36)32-30-34-33-29(43-30)14-7-5-4-6-8-14/h4-11,18,22-23H,12-13H2,1-3H3,(H,32,34,36)/t18-,22-,23-/m0/s1. The first-order valence-electron chi connectivity index (χ1n) is 13.3. The van der Waals surface area contributed by atoms with E-state index >= 15 is 0 Å². The highest BCUT2D eigenvalue weighted by Gasteiger charge is 2.50. The zero-order valence-corrected chi connectivity index (χ0v) is 24.8. The van der Waals surface area contributed by atoms with Gasteiger partial charge in [0.05, 0.1) is 43.9 Å². The molecule has 13 heteroatoms. The molecule has 3 heterocycles. The van der Waals surface area contributed by atoms with E-state index in [2.05, 4.69) is 20.7 Å². The molecule has 2 aliphatic heterocycles. The number of rotatable bonds is 7. The summed E-state index contributed by atoms with van der Waals surface area (Å²) in [5.41, 5.74) is 3.71. The van der Waals surface area contributed by atoms with E-state index < -0.39 is 17.8 Å². The third-order valence-electron chi connectivity index (χ3n) is 7.83. The smallest absolute Gasteiger partial charge is 0.231 e. The topological polar surface area (TPSA) is 123 Å². The maximum Gasteiger partial charge on any atom is 0.231 e. The lowest BCUT2D eigenvalue weighted by molar-refractivity contribution is -0.121. The number of hydrogen-bond donors (Lipinski definition) is 1. The molecular formula is C30H25ClN4O7S. The van der Waals surface area contributed by atoms with Crippen molar-refractivity contribution in [3.8, 4) is 39.3 Å². The Labute approximate surface area is 255 Å². The molecule has 0 radical (unpaired) electrons. The number of amides is 1. The number of nitrogens with zero attached hydrogens (tertiary/aromatic N) is 3. The number of ether oxygens (including phenoxy) is 5. The molecule has 1 aromatic heterocycles. The minimum absolute atomic E-state index is 0.0882. The fourth-order valence-corrected chi connectivity index (χ4v) is 7.03. The van der Waals surface area contributed by atoms with Crippen molar-refractivity contribution < 1.29 is 33.3 Å². The number of carbonyl (C=O) groups excluding carboxylic acids is 1. The van der Waals surface area contributed by atoms with Crippen LogP contribution in [0.1, 0.15) is 22.6 Å². The van der Waals surface area contributed by atoms with Gasteiger partial charge in [-0.3, -0.25) is 4.79 Å². The summed E-state index contributed by atoms with van der Waals surface area (Å²) in [6.07, 6.45) is 0. The fraction of sp³-hybridized carbons (Fsp3) is 0.267. The summed E-state index contributed by atoms with van der Waals surface area (Å²) in [7, 11) is 4.54. The number of benzene rings is 3. The van der Waals surface area contributed by atoms with Crippen molar-refractivity contribution in [2.45, 2.75) is 5.92 Å². The molecule has 0 saturated heterocycles. The Morgan fingerprint density at radius 2 is 1.74 bits per heavy atom. The van der Waals surface area contributed by atoms with Gasteiger partial charge in [-0.2, -0.15) is 0 Å². The highest BCUT2D eigenvalue weighted by atomic mass is 35.5. The summed E-state index contributed by atoms with van der Waals surface area (Å²) in [5, 5.41) is 17.3. The van der Waals surface area contributed by atoms with Crippen LogP contribution in [-0.2, 0) is 9.63 Å². The summed E-state index contributed by atoms with van der Waals surface area (Å²) in [6.45, 7) is 0.288. The second kappa shape index (κ2) is 10.9. The van der Waals surface area contributed by atoms with Gasteiger partial charge in [-0.15, -0.1) is 10.2 Å². The maximum atomic E-state index is 14.4. The van der Waals surface area contributed by atoms with Gasteiger partial charge < -0.3 is 33.8 Å². The van der Waals surface area contributed by atoms with Crippen molar-refractivity contribution in [1.82, 2.24) is 10.2 Å². The summed E-state index contributed by atoms with van der Waals surface area (Å²) < 4.78 is 28.3. The molecular weight excluding hydrogens is 596 g/mol. The Balaban J connectivity index is 1.38. The molecule has 1 amide bonds. The molecule has 43 heavy (non-hydrogen) atoms. The van der Waals surface area contributed by atoms with E-state index in [4.69, 9.17) is 40.1 Å². The highest BCUT2D eigenvalue weighted by molar-refractivity contribution is 7.18. The average molecular weight is 621 g/mol. The molecule has 3 aliphatic rings. The minimum atomic E-state index is -0.724. The number of aromatic nitrogens is 2. The molecule has 0 fully saturated rings. The predicted octanol–water partition coefficient (Wildman–Crippen LogP) is 5.36. The van der Waals surface area contributed by atoms with Crippen molar-refractivity contribution in [3.63, 3.8) is 0 Å². The number of nitrogens with one attached hydrogen (secondary N) is 1. The largest absolute Gasteiger partial charge is 0.493 e. The lowest BCUT2D eigenvalue weighted by Gasteiger charge is -2.37. The normalized spacial score (nSPS) is 19.5. The molecule has 4 aromatic rings. The van der Waals surface area contributed by atoms with Gasteiger partial charge in [0.25, 0.3) is 0 Å². The molecule has 1 N–H and O–H groups in total. The SMILES string of the molecule is COc1cc([C@@H]2c3cc4c(cc3C3=NOC[C@H]3[C@@H]2C(=O)Nc2nnc(-c3ccccc3)s2)OCO4)c(Cl)c(OC)c1OC. The van der Waals surface area contributed by atoms with E-state index in [9.17, 15) is 4.79 Å². The van der Waals surface area contributed by atoms with E-state index in [0.29, 0.717) is 50.2 Å². The predicted molar refractivity (Wildman–Crippen MR) is 159 cm³/mol. The summed E-state index contributed by atoms with van der Waals surface area (Å²) in [5.74, 6) is 0.157. The molecule has 0 spiro atoms. The van der Waals surface area contributed by atoms with Crippen LogP contribution in [-0.4, -0.2) is 56.5 Å². The van der Waals surface area contributed by atoms with Gasteiger partial charge in [0.1, 0.15) is 11.6 Å². The van der Waals surface area contributed by atoms with Crippen molar-refractivity contribution >= 4 is 39.7 Å². The van der Waals surface area contributed by atoms with Crippen LogP contribution in [0.2, 0.25) is 5.02 Å². The van der Waals surface area contributed by atoms with E-state index in [1.54, 1.807) is 6.07 Å². The van der Waals surface area contributed by atoms with Crippen LogP contribution in [0, 0.1) is 11.8 Å². The first kappa shape index (κ1) is 27.3. The van der Waals surface area contributed by atoms with Crippen molar-refractivity contribution in [2.24, 2.45) is 17.0 Å². The second-order valence-corrected chi connectivity index (χ2v) is 11.3. The molecule has 0 saturated carbocycles. The lowest BCUT2D eigenvalue weighted by Crippen LogP contribution is -2.42. The first-order chi connectivity index (χ1) is 21.0. The van der Waals surface area contributed by atoms with Crippen LogP contribution in [0.4, 0.5) is 5.13 Å². The number of hydrogen-bond acceptors (Lipinski definition) is 11. The van der Waals surface area contributed by atoms with Crippen LogP contribution >= 0.6 is 22.9 Å². The van der Waals surface area contributed by atoms with Crippen LogP contribution in [0.25, 0.3) is 10.6 Å². The number of fused-ring (bicyclic) bond motifs is 4. The van der Waals surface area contributed by atoms with E-state index in [0.717, 1.165) is 16.7 Å². The summed E-state index contributed by atoms with van der Waals surface area (Å²) >= 11 is 8.34. The van der Waals surface area contributed by atoms with Gasteiger partial charge >= 0.3 is 0 Å². The van der Waals surface area contributed by atoms with Gasteiger partial charge in [0.2, 0.25) is 23.6 Å². The van der Waals surface area contributed by atoms with Crippen molar-refractivity contribution in [1.29, 1.82) is 0 Å². The van der Waals surface area contributed by atoms with Crippen molar-refractivity contribution in [3.05, 3.63) is 70.2 Å². The zero-order valence-electron chi connectivity index (χ0n) is 23.3.